The second-order valence-electron chi connectivity index (χ2n) is 5.65. The van der Waals surface area contributed by atoms with Gasteiger partial charge in [0.2, 0.25) is 0 Å². The second-order valence-corrected chi connectivity index (χ2v) is 5.65. The lowest BCUT2D eigenvalue weighted by Crippen LogP contribution is -2.19. The van der Waals surface area contributed by atoms with Gasteiger partial charge in [0.25, 0.3) is 0 Å². The molecule has 0 radical (unpaired) electrons. The third kappa shape index (κ3) is 3.53. The van der Waals surface area contributed by atoms with E-state index < -0.39 is 5.97 Å². The predicted molar refractivity (Wildman–Crippen MR) is 84.6 cm³/mol. The van der Waals surface area contributed by atoms with Gasteiger partial charge in [0.05, 0.1) is 25.8 Å². The maximum absolute atomic E-state index is 11.0. The molecule has 0 unspecified atom stereocenters. The summed E-state index contributed by atoms with van der Waals surface area (Å²) in [5, 5.41) is 13.5. The summed E-state index contributed by atoms with van der Waals surface area (Å²) < 4.78 is 12.6. The molecule has 0 amide bonds. The van der Waals surface area contributed by atoms with Gasteiger partial charge in [-0.2, -0.15) is 5.10 Å². The number of aromatic nitrogens is 2. The maximum atomic E-state index is 11.0. The van der Waals surface area contributed by atoms with Crippen LogP contribution in [-0.4, -0.2) is 41.2 Å². The Bertz CT molecular complexity index is 690. The van der Waals surface area contributed by atoms with Crippen molar-refractivity contribution in [2.75, 3.05) is 20.3 Å². The Morgan fingerprint density at radius 3 is 2.87 bits per heavy atom. The smallest absolute Gasteiger partial charge is 0.307 e. The highest BCUT2D eigenvalue weighted by atomic mass is 16.5. The van der Waals surface area contributed by atoms with E-state index >= 15 is 0 Å². The van der Waals surface area contributed by atoms with E-state index in [1.807, 2.05) is 29.2 Å². The van der Waals surface area contributed by atoms with Crippen LogP contribution in [0.2, 0.25) is 0 Å². The molecule has 0 spiro atoms. The van der Waals surface area contributed by atoms with Crippen molar-refractivity contribution in [3.63, 3.8) is 0 Å². The minimum absolute atomic E-state index is 0.0644. The molecule has 2 aromatic rings. The summed E-state index contributed by atoms with van der Waals surface area (Å²) >= 11 is 0. The van der Waals surface area contributed by atoms with E-state index in [4.69, 9.17) is 14.6 Å². The number of nitrogens with zero attached hydrogens (tertiary/aromatic N) is 2. The van der Waals surface area contributed by atoms with E-state index in [2.05, 4.69) is 5.10 Å². The molecule has 0 saturated carbocycles. The van der Waals surface area contributed by atoms with E-state index in [1.54, 1.807) is 13.2 Å². The van der Waals surface area contributed by atoms with Crippen molar-refractivity contribution in [3.05, 3.63) is 36.2 Å². The van der Waals surface area contributed by atoms with Gasteiger partial charge in [0.1, 0.15) is 5.75 Å². The van der Waals surface area contributed by atoms with E-state index in [9.17, 15) is 4.79 Å². The molecule has 1 N–H and O–H groups in total. The number of carboxylic acids is 1. The van der Waals surface area contributed by atoms with Gasteiger partial charge in [-0.05, 0) is 30.5 Å². The molecular formula is C17H20N2O4. The summed E-state index contributed by atoms with van der Waals surface area (Å²) in [6, 6.07) is 5.96. The Hall–Kier alpha value is -2.34. The number of ether oxygens (including phenoxy) is 2. The zero-order valence-electron chi connectivity index (χ0n) is 13.1. The fraction of sp³-hybridized carbons (Fsp3) is 0.412. The molecule has 23 heavy (non-hydrogen) atoms. The molecule has 6 heteroatoms. The lowest BCUT2D eigenvalue weighted by atomic mass is 10.0. The SMILES string of the molecule is COc1ccc(-c2cnn(C3CCOCC3)c2)cc1CC(=O)O. The molecule has 0 aliphatic carbocycles. The van der Waals surface area contributed by atoms with Gasteiger partial charge >= 0.3 is 5.97 Å². The van der Waals surface area contributed by atoms with Crippen molar-refractivity contribution in [1.29, 1.82) is 0 Å². The second kappa shape index (κ2) is 6.83. The average molecular weight is 316 g/mol. The van der Waals surface area contributed by atoms with Crippen LogP contribution in [0.25, 0.3) is 11.1 Å². The Kier molecular flexibility index (Phi) is 4.62. The van der Waals surface area contributed by atoms with Crippen LogP contribution in [0.4, 0.5) is 0 Å². The maximum Gasteiger partial charge on any atom is 0.307 e. The molecule has 2 heterocycles. The van der Waals surface area contributed by atoms with Crippen LogP contribution < -0.4 is 4.74 Å². The average Bonchev–Trinajstić information content (AvgIpc) is 3.05. The summed E-state index contributed by atoms with van der Waals surface area (Å²) in [6.45, 7) is 1.54. The van der Waals surface area contributed by atoms with Crippen LogP contribution >= 0.6 is 0 Å². The zero-order chi connectivity index (χ0) is 16.2. The number of aliphatic carboxylic acids is 1. The van der Waals surface area contributed by atoms with Gasteiger partial charge in [-0.3, -0.25) is 9.48 Å². The van der Waals surface area contributed by atoms with Crippen LogP contribution in [-0.2, 0) is 16.0 Å². The van der Waals surface area contributed by atoms with Gasteiger partial charge in [-0.1, -0.05) is 6.07 Å². The van der Waals surface area contributed by atoms with Gasteiger partial charge in [0.15, 0.2) is 0 Å². The number of rotatable bonds is 5. The molecule has 1 aromatic carbocycles. The molecule has 6 nitrogen and oxygen atoms in total. The highest BCUT2D eigenvalue weighted by molar-refractivity contribution is 5.73. The first-order valence-electron chi connectivity index (χ1n) is 7.68. The third-order valence-electron chi connectivity index (χ3n) is 4.12. The summed E-state index contributed by atoms with van der Waals surface area (Å²) in [4.78, 5) is 11.0. The van der Waals surface area contributed by atoms with Crippen molar-refractivity contribution in [2.24, 2.45) is 0 Å². The summed E-state index contributed by atoms with van der Waals surface area (Å²) in [5.41, 5.74) is 2.59. The van der Waals surface area contributed by atoms with Gasteiger partial charge in [-0.15, -0.1) is 0 Å². The summed E-state index contributed by atoms with van der Waals surface area (Å²) in [6.07, 6.45) is 5.71. The monoisotopic (exact) mass is 316 g/mol. The standard InChI is InChI=1S/C17H20N2O4/c1-22-16-3-2-12(8-13(16)9-17(20)21)14-10-18-19(11-14)15-4-6-23-7-5-15/h2-3,8,10-11,15H,4-7,9H2,1H3,(H,20,21). The third-order valence-corrected chi connectivity index (χ3v) is 4.12. The number of carboxylic acid groups (broad SMARTS) is 1. The number of hydrogen-bond donors (Lipinski definition) is 1. The Morgan fingerprint density at radius 2 is 2.17 bits per heavy atom. The highest BCUT2D eigenvalue weighted by Gasteiger charge is 2.17. The predicted octanol–water partition coefficient (Wildman–Crippen LogP) is 2.54. The molecule has 1 saturated heterocycles. The quantitative estimate of drug-likeness (QED) is 0.917. The molecule has 3 rings (SSSR count). The molecule has 0 bridgehead atoms. The van der Waals surface area contributed by atoms with Crippen LogP contribution in [0.15, 0.2) is 30.6 Å². The van der Waals surface area contributed by atoms with Crippen molar-refractivity contribution < 1.29 is 19.4 Å². The number of benzene rings is 1. The molecule has 1 fully saturated rings. The summed E-state index contributed by atoms with van der Waals surface area (Å²) in [7, 11) is 1.55. The van der Waals surface area contributed by atoms with E-state index in [-0.39, 0.29) is 6.42 Å². The minimum atomic E-state index is -0.877. The van der Waals surface area contributed by atoms with Crippen LogP contribution in [0.1, 0.15) is 24.4 Å². The number of hydrogen-bond acceptors (Lipinski definition) is 4. The van der Waals surface area contributed by atoms with Gasteiger partial charge < -0.3 is 14.6 Å². The van der Waals surface area contributed by atoms with Crippen molar-refractivity contribution in [2.45, 2.75) is 25.3 Å². The Morgan fingerprint density at radius 1 is 1.39 bits per heavy atom. The molecule has 122 valence electrons. The number of methoxy groups -OCH3 is 1. The Labute approximate surface area is 134 Å². The molecular weight excluding hydrogens is 296 g/mol. The van der Waals surface area contributed by atoms with E-state index in [0.29, 0.717) is 17.4 Å². The van der Waals surface area contributed by atoms with E-state index in [1.165, 1.54) is 0 Å². The van der Waals surface area contributed by atoms with Crippen LogP contribution in [0.5, 0.6) is 5.75 Å². The first-order chi connectivity index (χ1) is 11.2. The number of carbonyl (C=O) groups is 1. The lowest BCUT2D eigenvalue weighted by Gasteiger charge is -2.22. The van der Waals surface area contributed by atoms with E-state index in [0.717, 1.165) is 37.2 Å². The summed E-state index contributed by atoms with van der Waals surface area (Å²) in [5.74, 6) is -0.286. The normalized spacial score (nSPS) is 15.5. The first-order valence-corrected chi connectivity index (χ1v) is 7.68. The molecule has 1 aromatic heterocycles. The van der Waals surface area contributed by atoms with Crippen molar-refractivity contribution >= 4 is 5.97 Å². The van der Waals surface area contributed by atoms with Crippen molar-refractivity contribution in [1.82, 2.24) is 9.78 Å². The molecule has 1 aliphatic rings. The fourth-order valence-corrected chi connectivity index (χ4v) is 2.90. The Balaban J connectivity index is 1.86. The topological polar surface area (TPSA) is 73.6 Å². The minimum Gasteiger partial charge on any atom is -0.496 e. The lowest BCUT2D eigenvalue weighted by molar-refractivity contribution is -0.136. The van der Waals surface area contributed by atoms with Crippen LogP contribution in [0, 0.1) is 0 Å². The first kappa shape index (κ1) is 15.6. The van der Waals surface area contributed by atoms with Gasteiger partial charge in [0, 0.05) is 30.5 Å². The van der Waals surface area contributed by atoms with Crippen LogP contribution in [0.3, 0.4) is 0 Å². The molecule has 0 atom stereocenters. The van der Waals surface area contributed by atoms with Crippen molar-refractivity contribution in [3.8, 4) is 16.9 Å². The fourth-order valence-electron chi connectivity index (χ4n) is 2.90. The zero-order valence-corrected chi connectivity index (χ0v) is 13.1. The highest BCUT2D eigenvalue weighted by Crippen LogP contribution is 2.28. The van der Waals surface area contributed by atoms with Gasteiger partial charge in [-0.25, -0.2) is 0 Å². The largest absolute Gasteiger partial charge is 0.496 e. The molecule has 1 aliphatic heterocycles.